The number of aryl methyl sites for hydroxylation is 2. The van der Waals surface area contributed by atoms with Crippen LogP contribution in [0.2, 0.25) is 0 Å². The first-order chi connectivity index (χ1) is 8.21. The van der Waals surface area contributed by atoms with Crippen molar-refractivity contribution in [2.75, 3.05) is 21.1 Å². The van der Waals surface area contributed by atoms with Crippen molar-refractivity contribution in [2.45, 2.75) is 38.8 Å². The fraction of sp³-hybridized carbons (Fsp3) is 0.769. The summed E-state index contributed by atoms with van der Waals surface area (Å²) in [5, 5.41) is 7.89. The number of nitrogens with one attached hydrogen (secondary N) is 1. The molecule has 104 valence electrons. The van der Waals surface area contributed by atoms with Crippen LogP contribution in [0.5, 0.6) is 0 Å². The number of nitrogens with zero attached hydrogens (tertiary/aromatic N) is 3. The van der Waals surface area contributed by atoms with Gasteiger partial charge in [-0.2, -0.15) is 5.10 Å². The molecule has 18 heavy (non-hydrogen) atoms. The van der Waals surface area contributed by atoms with Gasteiger partial charge in [-0.1, -0.05) is 0 Å². The Labute approximate surface area is 119 Å². The van der Waals surface area contributed by atoms with Gasteiger partial charge < -0.3 is 10.2 Å². The van der Waals surface area contributed by atoms with Crippen LogP contribution in [0, 0.1) is 6.92 Å². The number of hydrogen-bond acceptors (Lipinski definition) is 3. The molecule has 1 heterocycles. The molecule has 4 nitrogen and oxygen atoms in total. The van der Waals surface area contributed by atoms with Crippen LogP contribution in [0.15, 0.2) is 4.47 Å². The lowest BCUT2D eigenvalue weighted by molar-refractivity contribution is 0.140. The van der Waals surface area contributed by atoms with Crippen LogP contribution in [-0.2, 0) is 13.5 Å². The summed E-state index contributed by atoms with van der Waals surface area (Å²) in [4.78, 5) is 2.26. The van der Waals surface area contributed by atoms with Crippen LogP contribution in [0.4, 0.5) is 0 Å². The fourth-order valence-electron chi connectivity index (χ4n) is 2.11. The molecule has 0 radical (unpaired) electrons. The van der Waals surface area contributed by atoms with Crippen molar-refractivity contribution in [2.24, 2.45) is 7.05 Å². The van der Waals surface area contributed by atoms with E-state index >= 15 is 0 Å². The van der Waals surface area contributed by atoms with Gasteiger partial charge in [0.15, 0.2) is 0 Å². The van der Waals surface area contributed by atoms with E-state index in [-0.39, 0.29) is 5.54 Å². The first-order valence-electron chi connectivity index (χ1n) is 6.24. The van der Waals surface area contributed by atoms with Gasteiger partial charge in [0, 0.05) is 25.0 Å². The molecule has 0 bridgehead atoms. The van der Waals surface area contributed by atoms with Crippen molar-refractivity contribution < 1.29 is 0 Å². The van der Waals surface area contributed by atoms with Crippen molar-refractivity contribution in [1.82, 2.24) is 20.0 Å². The second-order valence-electron chi connectivity index (χ2n) is 5.56. The van der Waals surface area contributed by atoms with E-state index in [9.17, 15) is 0 Å². The Hall–Kier alpha value is -0.390. The molecular weight excluding hydrogens is 292 g/mol. The molecule has 0 aliphatic carbocycles. The summed E-state index contributed by atoms with van der Waals surface area (Å²) in [5.74, 6) is 0. The van der Waals surface area contributed by atoms with Gasteiger partial charge >= 0.3 is 0 Å². The topological polar surface area (TPSA) is 33.1 Å². The summed E-state index contributed by atoms with van der Waals surface area (Å²) in [6.45, 7) is 6.54. The molecule has 0 saturated heterocycles. The predicted molar refractivity (Wildman–Crippen MR) is 80.0 cm³/mol. The standard InChI is InChI=1S/C13H25BrN4/c1-9-12(14)10(18(7)16-9)8-11(15-4)13(2,3)17(5)6/h11,15H,8H2,1-7H3. The third kappa shape index (κ3) is 2.95. The van der Waals surface area contributed by atoms with Gasteiger partial charge in [0.2, 0.25) is 0 Å². The second-order valence-corrected chi connectivity index (χ2v) is 6.36. The molecule has 5 heteroatoms. The average molecular weight is 317 g/mol. The molecule has 1 atom stereocenters. The largest absolute Gasteiger partial charge is 0.315 e. The summed E-state index contributed by atoms with van der Waals surface area (Å²) >= 11 is 3.64. The fourth-order valence-corrected chi connectivity index (χ4v) is 2.61. The molecule has 0 spiro atoms. The third-order valence-electron chi connectivity index (χ3n) is 4.01. The zero-order valence-corrected chi connectivity index (χ0v) is 14.1. The van der Waals surface area contributed by atoms with E-state index in [4.69, 9.17) is 0 Å². The van der Waals surface area contributed by atoms with Crippen molar-refractivity contribution >= 4 is 15.9 Å². The molecule has 1 aromatic heterocycles. The maximum atomic E-state index is 4.45. The van der Waals surface area contributed by atoms with E-state index < -0.39 is 0 Å². The monoisotopic (exact) mass is 316 g/mol. The van der Waals surface area contributed by atoms with Crippen LogP contribution in [-0.4, -0.2) is 47.4 Å². The van der Waals surface area contributed by atoms with Crippen molar-refractivity contribution in [3.63, 3.8) is 0 Å². The Balaban J connectivity index is 3.00. The van der Waals surface area contributed by atoms with Crippen LogP contribution in [0.25, 0.3) is 0 Å². The van der Waals surface area contributed by atoms with E-state index in [1.807, 2.05) is 25.7 Å². The lowest BCUT2D eigenvalue weighted by atomic mass is 9.89. The molecule has 0 aromatic carbocycles. The smallest absolute Gasteiger partial charge is 0.0738 e. The van der Waals surface area contributed by atoms with Gasteiger partial charge in [-0.15, -0.1) is 0 Å². The van der Waals surface area contributed by atoms with E-state index in [1.54, 1.807) is 0 Å². The van der Waals surface area contributed by atoms with Crippen molar-refractivity contribution in [1.29, 1.82) is 0 Å². The van der Waals surface area contributed by atoms with Crippen LogP contribution < -0.4 is 5.32 Å². The molecule has 0 fully saturated rings. The maximum Gasteiger partial charge on any atom is 0.0738 e. The summed E-state index contributed by atoms with van der Waals surface area (Å²) in [6.07, 6.45) is 0.944. The molecule has 1 N–H and O–H groups in total. The van der Waals surface area contributed by atoms with Gasteiger partial charge in [0.1, 0.15) is 0 Å². The molecule has 0 amide bonds. The Morgan fingerprint density at radius 2 is 2.00 bits per heavy atom. The molecule has 1 aromatic rings. The summed E-state index contributed by atoms with van der Waals surface area (Å²) in [5.41, 5.74) is 2.36. The highest BCUT2D eigenvalue weighted by atomic mass is 79.9. The Bertz CT molecular complexity index is 409. The molecule has 0 aliphatic rings. The van der Waals surface area contributed by atoms with Gasteiger partial charge in [-0.25, -0.2) is 0 Å². The molecular formula is C13H25BrN4. The number of likely N-dealkylation sites (N-methyl/N-ethyl adjacent to an activating group) is 2. The Morgan fingerprint density at radius 3 is 2.33 bits per heavy atom. The SMILES string of the molecule is CNC(Cc1c(Br)c(C)nn1C)C(C)(C)N(C)C. The van der Waals surface area contributed by atoms with Gasteiger partial charge in [0.05, 0.1) is 15.9 Å². The first-order valence-corrected chi connectivity index (χ1v) is 7.03. The molecule has 1 rings (SSSR count). The highest BCUT2D eigenvalue weighted by molar-refractivity contribution is 9.10. The van der Waals surface area contributed by atoms with Crippen LogP contribution in [0.1, 0.15) is 25.2 Å². The highest BCUT2D eigenvalue weighted by Crippen LogP contribution is 2.25. The summed E-state index contributed by atoms with van der Waals surface area (Å²) < 4.78 is 3.09. The number of hydrogen-bond donors (Lipinski definition) is 1. The van der Waals surface area contributed by atoms with E-state index in [1.165, 1.54) is 5.69 Å². The molecule has 0 aliphatic heterocycles. The number of halogens is 1. The quantitative estimate of drug-likeness (QED) is 0.901. The minimum atomic E-state index is 0.0758. The van der Waals surface area contributed by atoms with E-state index in [2.05, 4.69) is 59.2 Å². The summed E-state index contributed by atoms with van der Waals surface area (Å²) in [7, 11) is 8.26. The zero-order chi connectivity index (χ0) is 14.1. The predicted octanol–water partition coefficient (Wildman–Crippen LogP) is 1.96. The van der Waals surface area contributed by atoms with Crippen molar-refractivity contribution in [3.05, 3.63) is 15.9 Å². The van der Waals surface area contributed by atoms with Crippen LogP contribution >= 0.6 is 15.9 Å². The Kier molecular flexibility index (Phi) is 4.98. The lowest BCUT2D eigenvalue weighted by Crippen LogP contribution is -2.55. The Morgan fingerprint density at radius 1 is 1.44 bits per heavy atom. The highest BCUT2D eigenvalue weighted by Gasteiger charge is 2.32. The minimum absolute atomic E-state index is 0.0758. The lowest BCUT2D eigenvalue weighted by Gasteiger charge is -2.40. The average Bonchev–Trinajstić information content (AvgIpc) is 2.50. The number of aromatic nitrogens is 2. The summed E-state index contributed by atoms with van der Waals surface area (Å²) in [6, 6.07) is 0.360. The van der Waals surface area contributed by atoms with Crippen LogP contribution in [0.3, 0.4) is 0 Å². The maximum absolute atomic E-state index is 4.45. The first kappa shape index (κ1) is 15.7. The van der Waals surface area contributed by atoms with E-state index in [0.29, 0.717) is 6.04 Å². The third-order valence-corrected chi connectivity index (χ3v) is 5.04. The number of rotatable bonds is 5. The second kappa shape index (κ2) is 5.72. The van der Waals surface area contributed by atoms with Gasteiger partial charge in [-0.05, 0) is 57.8 Å². The zero-order valence-electron chi connectivity index (χ0n) is 12.5. The van der Waals surface area contributed by atoms with Gasteiger partial charge in [0.25, 0.3) is 0 Å². The molecule has 0 saturated carbocycles. The minimum Gasteiger partial charge on any atom is -0.315 e. The van der Waals surface area contributed by atoms with Gasteiger partial charge in [-0.3, -0.25) is 4.68 Å². The molecule has 1 unspecified atom stereocenters. The van der Waals surface area contributed by atoms with Crippen molar-refractivity contribution in [3.8, 4) is 0 Å². The van der Waals surface area contributed by atoms with E-state index in [0.717, 1.165) is 16.6 Å². The normalized spacial score (nSPS) is 14.3.